The van der Waals surface area contributed by atoms with Crippen LogP contribution >= 0.6 is 11.6 Å². The molecule has 0 aliphatic heterocycles. The van der Waals surface area contributed by atoms with Gasteiger partial charge in [-0.1, -0.05) is 11.6 Å². The number of halogens is 1. The molecule has 1 aromatic rings. The van der Waals surface area contributed by atoms with E-state index in [2.05, 4.69) is 10.4 Å². The zero-order valence-electron chi connectivity index (χ0n) is 10.2. The van der Waals surface area contributed by atoms with E-state index in [1.54, 1.807) is 18.0 Å². The van der Waals surface area contributed by atoms with Crippen molar-refractivity contribution in [3.05, 3.63) is 16.9 Å². The number of methoxy groups -OCH3 is 1. The first-order valence-electron chi connectivity index (χ1n) is 5.58. The fourth-order valence-electron chi connectivity index (χ4n) is 1.39. The lowest BCUT2D eigenvalue weighted by molar-refractivity contribution is -0.121. The molecule has 0 fully saturated rings. The van der Waals surface area contributed by atoms with Crippen molar-refractivity contribution in [1.29, 1.82) is 0 Å². The fraction of sp³-hybridized carbons (Fsp3) is 0.636. The van der Waals surface area contributed by atoms with Crippen LogP contribution in [0.3, 0.4) is 0 Å². The Morgan fingerprint density at radius 2 is 2.41 bits per heavy atom. The molecule has 1 rings (SSSR count). The van der Waals surface area contributed by atoms with Gasteiger partial charge in [0.2, 0.25) is 5.91 Å². The van der Waals surface area contributed by atoms with E-state index in [9.17, 15) is 4.79 Å². The van der Waals surface area contributed by atoms with Crippen molar-refractivity contribution in [3.8, 4) is 0 Å². The third-order valence-electron chi connectivity index (χ3n) is 2.44. The van der Waals surface area contributed by atoms with Crippen LogP contribution in [0.2, 0.25) is 5.02 Å². The number of nitrogens with zero attached hydrogens (tertiary/aromatic N) is 2. The molecule has 0 aromatic carbocycles. The van der Waals surface area contributed by atoms with Crippen LogP contribution in [-0.2, 0) is 16.1 Å². The molecular weight excluding hydrogens is 242 g/mol. The number of hydrogen-bond acceptors (Lipinski definition) is 3. The zero-order chi connectivity index (χ0) is 12.7. The molecule has 17 heavy (non-hydrogen) atoms. The van der Waals surface area contributed by atoms with Crippen molar-refractivity contribution < 1.29 is 9.53 Å². The van der Waals surface area contributed by atoms with Gasteiger partial charge in [-0.05, 0) is 13.3 Å². The highest BCUT2D eigenvalue weighted by molar-refractivity contribution is 6.31. The predicted molar refractivity (Wildman–Crippen MR) is 66.1 cm³/mol. The van der Waals surface area contributed by atoms with Crippen LogP contribution in [0.5, 0.6) is 0 Å². The standard InChI is InChI=1S/C11H18ClN3O2/c1-9-10(12)8-14-15(9)6-4-11(16)13-5-3-7-17-2/h8H,3-7H2,1-2H3,(H,13,16). The predicted octanol–water partition coefficient (Wildman–Crippen LogP) is 1.39. The molecule has 96 valence electrons. The lowest BCUT2D eigenvalue weighted by Crippen LogP contribution is -2.26. The zero-order valence-corrected chi connectivity index (χ0v) is 11.0. The first-order valence-corrected chi connectivity index (χ1v) is 5.96. The quantitative estimate of drug-likeness (QED) is 0.753. The molecule has 0 aliphatic rings. The summed E-state index contributed by atoms with van der Waals surface area (Å²) in [5.41, 5.74) is 0.888. The van der Waals surface area contributed by atoms with Crippen molar-refractivity contribution in [3.63, 3.8) is 0 Å². The number of hydrogen-bond donors (Lipinski definition) is 1. The highest BCUT2D eigenvalue weighted by Crippen LogP contribution is 2.13. The number of rotatable bonds is 7. The minimum Gasteiger partial charge on any atom is -0.385 e. The highest BCUT2D eigenvalue weighted by Gasteiger charge is 2.06. The summed E-state index contributed by atoms with van der Waals surface area (Å²) < 4.78 is 6.62. The smallest absolute Gasteiger partial charge is 0.221 e. The molecule has 1 heterocycles. The molecule has 0 saturated carbocycles. The third-order valence-corrected chi connectivity index (χ3v) is 2.81. The first kappa shape index (κ1) is 14.0. The Morgan fingerprint density at radius 1 is 1.65 bits per heavy atom. The molecule has 1 aromatic heterocycles. The van der Waals surface area contributed by atoms with Gasteiger partial charge in [-0.3, -0.25) is 9.48 Å². The Morgan fingerprint density at radius 3 is 3.00 bits per heavy atom. The van der Waals surface area contributed by atoms with Crippen molar-refractivity contribution in [2.75, 3.05) is 20.3 Å². The van der Waals surface area contributed by atoms with Crippen molar-refractivity contribution in [2.24, 2.45) is 0 Å². The van der Waals surface area contributed by atoms with E-state index in [-0.39, 0.29) is 5.91 Å². The maximum absolute atomic E-state index is 11.5. The topological polar surface area (TPSA) is 56.1 Å². The molecular formula is C11H18ClN3O2. The van der Waals surface area contributed by atoms with E-state index < -0.39 is 0 Å². The van der Waals surface area contributed by atoms with Crippen LogP contribution in [-0.4, -0.2) is 35.9 Å². The van der Waals surface area contributed by atoms with Crippen molar-refractivity contribution >= 4 is 17.5 Å². The van der Waals surface area contributed by atoms with Gasteiger partial charge >= 0.3 is 0 Å². The summed E-state index contributed by atoms with van der Waals surface area (Å²) in [6.45, 7) is 3.74. The van der Waals surface area contributed by atoms with Gasteiger partial charge in [0.15, 0.2) is 0 Å². The number of ether oxygens (including phenoxy) is 1. The van der Waals surface area contributed by atoms with Crippen LogP contribution in [0.4, 0.5) is 0 Å². The Kier molecular flexibility index (Phi) is 6.00. The molecule has 0 aliphatic carbocycles. The normalized spacial score (nSPS) is 10.5. The molecule has 0 atom stereocenters. The van der Waals surface area contributed by atoms with E-state index in [1.165, 1.54) is 0 Å². The molecule has 1 N–H and O–H groups in total. The molecule has 6 heteroatoms. The monoisotopic (exact) mass is 259 g/mol. The molecule has 0 unspecified atom stereocenters. The van der Waals surface area contributed by atoms with Crippen molar-refractivity contribution in [2.45, 2.75) is 26.3 Å². The SMILES string of the molecule is COCCCNC(=O)CCn1ncc(Cl)c1C. The Bertz CT molecular complexity index is 366. The second-order valence-corrected chi connectivity index (χ2v) is 4.15. The lowest BCUT2D eigenvalue weighted by Gasteiger charge is -2.06. The maximum Gasteiger partial charge on any atom is 0.221 e. The van der Waals surface area contributed by atoms with Crippen LogP contribution in [0.25, 0.3) is 0 Å². The van der Waals surface area contributed by atoms with E-state index >= 15 is 0 Å². The fourth-order valence-corrected chi connectivity index (χ4v) is 1.53. The molecule has 0 radical (unpaired) electrons. The van der Waals surface area contributed by atoms with Gasteiger partial charge < -0.3 is 10.1 Å². The van der Waals surface area contributed by atoms with E-state index in [0.717, 1.165) is 12.1 Å². The van der Waals surface area contributed by atoms with Gasteiger partial charge in [-0.25, -0.2) is 0 Å². The summed E-state index contributed by atoms with van der Waals surface area (Å²) in [6, 6.07) is 0. The van der Waals surface area contributed by atoms with Gasteiger partial charge in [0.25, 0.3) is 0 Å². The Labute approximate surface area is 106 Å². The van der Waals surface area contributed by atoms with E-state index in [0.29, 0.717) is 31.1 Å². The third kappa shape index (κ3) is 4.75. The molecule has 0 spiro atoms. The summed E-state index contributed by atoms with van der Waals surface area (Å²) in [6.07, 6.45) is 2.83. The molecule has 0 saturated heterocycles. The highest BCUT2D eigenvalue weighted by atomic mass is 35.5. The number of carbonyl (C=O) groups excluding carboxylic acids is 1. The minimum atomic E-state index is 0.0205. The minimum absolute atomic E-state index is 0.0205. The summed E-state index contributed by atoms with van der Waals surface area (Å²) in [5.74, 6) is 0.0205. The van der Waals surface area contributed by atoms with Crippen LogP contribution in [0.15, 0.2) is 6.20 Å². The van der Waals surface area contributed by atoms with Gasteiger partial charge in [0, 0.05) is 26.7 Å². The first-order chi connectivity index (χ1) is 8.15. The molecule has 1 amide bonds. The van der Waals surface area contributed by atoms with Gasteiger partial charge in [0.05, 0.1) is 23.5 Å². The molecule has 5 nitrogen and oxygen atoms in total. The second-order valence-electron chi connectivity index (χ2n) is 3.75. The largest absolute Gasteiger partial charge is 0.385 e. The summed E-state index contributed by atoms with van der Waals surface area (Å²) in [5, 5.41) is 7.53. The van der Waals surface area contributed by atoms with Crippen LogP contribution < -0.4 is 5.32 Å². The second kappa shape index (κ2) is 7.29. The van der Waals surface area contributed by atoms with Crippen LogP contribution in [0.1, 0.15) is 18.5 Å². The summed E-state index contributed by atoms with van der Waals surface area (Å²) in [7, 11) is 1.64. The average molecular weight is 260 g/mol. The Hall–Kier alpha value is -1.07. The van der Waals surface area contributed by atoms with Gasteiger partial charge in [-0.15, -0.1) is 0 Å². The number of carbonyl (C=O) groups is 1. The number of aromatic nitrogens is 2. The van der Waals surface area contributed by atoms with E-state index in [1.807, 2.05) is 6.92 Å². The van der Waals surface area contributed by atoms with Crippen LogP contribution in [0, 0.1) is 6.92 Å². The van der Waals surface area contributed by atoms with Crippen molar-refractivity contribution in [1.82, 2.24) is 15.1 Å². The lowest BCUT2D eigenvalue weighted by atomic mass is 10.3. The summed E-state index contributed by atoms with van der Waals surface area (Å²) in [4.78, 5) is 11.5. The van der Waals surface area contributed by atoms with E-state index in [4.69, 9.17) is 16.3 Å². The number of nitrogens with one attached hydrogen (secondary N) is 1. The van der Waals surface area contributed by atoms with Gasteiger partial charge in [-0.2, -0.15) is 5.10 Å². The molecule has 0 bridgehead atoms. The number of aryl methyl sites for hydroxylation is 1. The van der Waals surface area contributed by atoms with Gasteiger partial charge in [0.1, 0.15) is 0 Å². The number of amides is 1. The summed E-state index contributed by atoms with van der Waals surface area (Å²) >= 11 is 5.87. The Balaban J connectivity index is 2.22. The maximum atomic E-state index is 11.5. The average Bonchev–Trinajstić information content (AvgIpc) is 2.63.